The average molecular weight is 194 g/mol. The van der Waals surface area contributed by atoms with Gasteiger partial charge in [0.25, 0.3) is 0 Å². The summed E-state index contributed by atoms with van der Waals surface area (Å²) in [5, 5.41) is 0. The summed E-state index contributed by atoms with van der Waals surface area (Å²) in [4.78, 5) is 4.54. The Morgan fingerprint density at radius 1 is 1.50 bits per heavy atom. The molecular formula is C11H18N2O. The second-order valence-electron chi connectivity index (χ2n) is 5.27. The van der Waals surface area contributed by atoms with Gasteiger partial charge in [-0.3, -0.25) is 0 Å². The monoisotopic (exact) mass is 194 g/mol. The molecule has 0 saturated heterocycles. The van der Waals surface area contributed by atoms with E-state index in [0.717, 1.165) is 24.4 Å². The molecule has 0 atom stereocenters. The predicted octanol–water partition coefficient (Wildman–Crippen LogP) is 1.96. The largest absolute Gasteiger partial charge is 0.448 e. The molecule has 3 heteroatoms. The van der Waals surface area contributed by atoms with Gasteiger partial charge in [0, 0.05) is 12.0 Å². The van der Waals surface area contributed by atoms with E-state index in [9.17, 15) is 0 Å². The third-order valence-electron chi connectivity index (χ3n) is 2.97. The molecular weight excluding hydrogens is 176 g/mol. The second-order valence-corrected chi connectivity index (χ2v) is 5.27. The number of hydrogen-bond acceptors (Lipinski definition) is 3. The van der Waals surface area contributed by atoms with E-state index in [2.05, 4.69) is 25.8 Å². The van der Waals surface area contributed by atoms with E-state index in [4.69, 9.17) is 10.2 Å². The van der Waals surface area contributed by atoms with Gasteiger partial charge in [-0.05, 0) is 12.8 Å². The molecule has 0 aromatic carbocycles. The molecule has 1 aliphatic rings. The summed E-state index contributed by atoms with van der Waals surface area (Å²) >= 11 is 0. The molecule has 1 saturated carbocycles. The lowest BCUT2D eigenvalue weighted by atomic mass is 9.93. The molecule has 3 nitrogen and oxygen atoms in total. The number of oxazole rings is 1. The van der Waals surface area contributed by atoms with Crippen molar-refractivity contribution in [2.75, 3.05) is 6.54 Å². The molecule has 1 heterocycles. The van der Waals surface area contributed by atoms with Gasteiger partial charge < -0.3 is 10.2 Å². The number of aromatic nitrogens is 1. The number of nitrogens with two attached hydrogens (primary N) is 1. The van der Waals surface area contributed by atoms with Crippen molar-refractivity contribution >= 4 is 0 Å². The average Bonchev–Trinajstić information content (AvgIpc) is 2.73. The lowest BCUT2D eigenvalue weighted by Crippen LogP contribution is -2.20. The first kappa shape index (κ1) is 9.71. The highest BCUT2D eigenvalue weighted by Crippen LogP contribution is 2.47. The molecule has 0 unspecified atom stereocenters. The first-order valence-electron chi connectivity index (χ1n) is 5.14. The van der Waals surface area contributed by atoms with Gasteiger partial charge in [-0.1, -0.05) is 20.8 Å². The van der Waals surface area contributed by atoms with Crippen LogP contribution in [0.2, 0.25) is 0 Å². The van der Waals surface area contributed by atoms with Crippen molar-refractivity contribution in [1.82, 2.24) is 4.98 Å². The van der Waals surface area contributed by atoms with Crippen molar-refractivity contribution in [2.45, 2.75) is 44.4 Å². The quantitative estimate of drug-likeness (QED) is 0.783. The normalized spacial score (nSPS) is 19.7. The zero-order valence-corrected chi connectivity index (χ0v) is 9.13. The molecule has 1 aromatic rings. The zero-order chi connectivity index (χ0) is 10.4. The molecule has 0 radical (unpaired) electrons. The standard InChI is InChI=1S/C11H18N2O/c1-10(2,3)8-6-14-9(13-8)11(7-12)4-5-11/h6H,4-5,7,12H2,1-3H3. The summed E-state index contributed by atoms with van der Waals surface area (Å²) in [7, 11) is 0. The highest BCUT2D eigenvalue weighted by atomic mass is 16.3. The van der Waals surface area contributed by atoms with E-state index >= 15 is 0 Å². The van der Waals surface area contributed by atoms with Crippen LogP contribution in [0, 0.1) is 0 Å². The Morgan fingerprint density at radius 2 is 2.14 bits per heavy atom. The van der Waals surface area contributed by atoms with Crippen LogP contribution in [0.3, 0.4) is 0 Å². The molecule has 0 bridgehead atoms. The second kappa shape index (κ2) is 2.83. The molecule has 0 spiro atoms. The SMILES string of the molecule is CC(C)(C)c1coc(C2(CN)CC2)n1. The lowest BCUT2D eigenvalue weighted by Gasteiger charge is -2.13. The highest BCUT2D eigenvalue weighted by Gasteiger charge is 2.47. The summed E-state index contributed by atoms with van der Waals surface area (Å²) < 4.78 is 5.52. The van der Waals surface area contributed by atoms with Gasteiger partial charge in [-0.25, -0.2) is 4.98 Å². The molecule has 78 valence electrons. The summed E-state index contributed by atoms with van der Waals surface area (Å²) in [5.41, 5.74) is 6.87. The van der Waals surface area contributed by atoms with Crippen LogP contribution in [0.4, 0.5) is 0 Å². The van der Waals surface area contributed by atoms with E-state index in [1.54, 1.807) is 6.26 Å². The minimum absolute atomic E-state index is 0.0619. The van der Waals surface area contributed by atoms with E-state index in [1.165, 1.54) is 0 Å². The maximum atomic E-state index is 5.72. The first-order chi connectivity index (χ1) is 6.48. The fraction of sp³-hybridized carbons (Fsp3) is 0.727. The van der Waals surface area contributed by atoms with Gasteiger partial charge in [0.05, 0.1) is 11.1 Å². The Kier molecular flexibility index (Phi) is 1.96. The topological polar surface area (TPSA) is 52.0 Å². The van der Waals surface area contributed by atoms with Crippen molar-refractivity contribution in [3.05, 3.63) is 17.8 Å². The Hall–Kier alpha value is -0.830. The van der Waals surface area contributed by atoms with Gasteiger partial charge in [-0.2, -0.15) is 0 Å². The third kappa shape index (κ3) is 1.46. The van der Waals surface area contributed by atoms with Crippen LogP contribution in [0.15, 0.2) is 10.7 Å². The molecule has 2 rings (SSSR count). The van der Waals surface area contributed by atoms with Crippen LogP contribution in [0.5, 0.6) is 0 Å². The van der Waals surface area contributed by atoms with E-state index < -0.39 is 0 Å². The summed E-state index contributed by atoms with van der Waals surface area (Å²) in [5.74, 6) is 0.838. The fourth-order valence-corrected chi connectivity index (χ4v) is 1.52. The molecule has 1 aliphatic carbocycles. The molecule has 0 aliphatic heterocycles. The van der Waals surface area contributed by atoms with Gasteiger partial charge in [0.1, 0.15) is 6.26 Å². The molecule has 1 aromatic heterocycles. The number of hydrogen-bond donors (Lipinski definition) is 1. The molecule has 1 fully saturated rings. The van der Waals surface area contributed by atoms with Crippen molar-refractivity contribution < 1.29 is 4.42 Å². The molecule has 14 heavy (non-hydrogen) atoms. The first-order valence-corrected chi connectivity index (χ1v) is 5.14. The maximum Gasteiger partial charge on any atom is 0.201 e. The van der Waals surface area contributed by atoms with Gasteiger partial charge in [0.15, 0.2) is 0 Å². The van der Waals surface area contributed by atoms with Crippen LogP contribution < -0.4 is 5.73 Å². The summed E-state index contributed by atoms with van der Waals surface area (Å²) in [6.07, 6.45) is 4.01. The van der Waals surface area contributed by atoms with E-state index in [0.29, 0.717) is 6.54 Å². The van der Waals surface area contributed by atoms with Crippen molar-refractivity contribution in [3.8, 4) is 0 Å². The molecule has 2 N–H and O–H groups in total. The molecule has 0 amide bonds. The lowest BCUT2D eigenvalue weighted by molar-refractivity contribution is 0.437. The summed E-state index contributed by atoms with van der Waals surface area (Å²) in [6, 6.07) is 0. The smallest absolute Gasteiger partial charge is 0.201 e. The Balaban J connectivity index is 2.27. The Bertz CT molecular complexity index is 331. The Labute approximate surface area is 84.7 Å². The van der Waals surface area contributed by atoms with Crippen molar-refractivity contribution in [3.63, 3.8) is 0 Å². The van der Waals surface area contributed by atoms with Crippen LogP contribution in [0.25, 0.3) is 0 Å². The zero-order valence-electron chi connectivity index (χ0n) is 9.13. The van der Waals surface area contributed by atoms with Crippen molar-refractivity contribution in [2.24, 2.45) is 5.73 Å². The van der Waals surface area contributed by atoms with E-state index in [1.807, 2.05) is 0 Å². The maximum absolute atomic E-state index is 5.72. The van der Waals surface area contributed by atoms with Crippen LogP contribution in [0.1, 0.15) is 45.2 Å². The van der Waals surface area contributed by atoms with Gasteiger partial charge in [0.2, 0.25) is 5.89 Å². The highest BCUT2D eigenvalue weighted by molar-refractivity contribution is 5.20. The van der Waals surface area contributed by atoms with Crippen LogP contribution in [-0.4, -0.2) is 11.5 Å². The Morgan fingerprint density at radius 3 is 2.50 bits per heavy atom. The van der Waals surface area contributed by atoms with Gasteiger partial charge >= 0.3 is 0 Å². The summed E-state index contributed by atoms with van der Waals surface area (Å²) in [6.45, 7) is 7.06. The van der Waals surface area contributed by atoms with Crippen LogP contribution in [-0.2, 0) is 10.8 Å². The third-order valence-corrected chi connectivity index (χ3v) is 2.97. The minimum atomic E-state index is 0.0619. The fourth-order valence-electron chi connectivity index (χ4n) is 1.52. The minimum Gasteiger partial charge on any atom is -0.448 e. The van der Waals surface area contributed by atoms with E-state index in [-0.39, 0.29) is 10.8 Å². The van der Waals surface area contributed by atoms with Gasteiger partial charge in [-0.15, -0.1) is 0 Å². The van der Waals surface area contributed by atoms with Crippen LogP contribution >= 0.6 is 0 Å². The number of rotatable bonds is 2. The number of nitrogens with zero attached hydrogens (tertiary/aromatic N) is 1. The van der Waals surface area contributed by atoms with Crippen molar-refractivity contribution in [1.29, 1.82) is 0 Å². The predicted molar refractivity (Wildman–Crippen MR) is 55.2 cm³/mol.